The molecule has 1 amide bonds. The SMILES string of the molecule is COC(=O)C(C)(C)NC1CCCn2nc(C(=O)Nc3cccc(-c4cccc(N)c4C)c3C)cc21. The van der Waals surface area contributed by atoms with Crippen molar-refractivity contribution < 1.29 is 14.3 Å². The smallest absolute Gasteiger partial charge is 0.325 e. The first-order valence-electron chi connectivity index (χ1n) is 11.8. The molecule has 0 saturated heterocycles. The molecule has 0 saturated carbocycles. The van der Waals surface area contributed by atoms with E-state index in [-0.39, 0.29) is 17.9 Å². The van der Waals surface area contributed by atoms with Crippen molar-refractivity contribution in [2.45, 2.75) is 58.7 Å². The molecule has 1 aliphatic rings. The Morgan fingerprint density at radius 2 is 1.80 bits per heavy atom. The molecule has 0 bridgehead atoms. The standard InChI is InChI=1S/C27H33N5O3/c1-16-18(9-6-11-20(16)28)19-10-7-12-21(17(19)2)29-25(33)23-15-24-22(13-8-14-32(24)31-23)30-27(3,4)26(34)35-5/h6-7,9-12,15,22,30H,8,13-14,28H2,1-5H3,(H,29,33). The largest absolute Gasteiger partial charge is 0.468 e. The summed E-state index contributed by atoms with van der Waals surface area (Å²) in [7, 11) is 1.38. The second kappa shape index (κ2) is 9.54. The molecule has 35 heavy (non-hydrogen) atoms. The summed E-state index contributed by atoms with van der Waals surface area (Å²) in [6.07, 6.45) is 1.74. The number of anilines is 2. The van der Waals surface area contributed by atoms with Crippen molar-refractivity contribution in [3.8, 4) is 11.1 Å². The first-order valence-corrected chi connectivity index (χ1v) is 11.8. The predicted octanol–water partition coefficient (Wildman–Crippen LogP) is 4.38. The number of hydrogen-bond donors (Lipinski definition) is 3. The number of aromatic nitrogens is 2. The first kappa shape index (κ1) is 24.5. The summed E-state index contributed by atoms with van der Waals surface area (Å²) < 4.78 is 6.78. The number of methoxy groups -OCH3 is 1. The third-order valence-electron chi connectivity index (χ3n) is 6.74. The lowest BCUT2D eigenvalue weighted by molar-refractivity contribution is -0.147. The Morgan fingerprint density at radius 3 is 2.51 bits per heavy atom. The van der Waals surface area contributed by atoms with E-state index in [1.807, 2.05) is 54.9 Å². The summed E-state index contributed by atoms with van der Waals surface area (Å²) in [5.41, 5.74) is 12.0. The van der Waals surface area contributed by atoms with Crippen LogP contribution in [0.3, 0.4) is 0 Å². The molecule has 2 heterocycles. The van der Waals surface area contributed by atoms with Gasteiger partial charge in [0.2, 0.25) is 0 Å². The number of nitrogen functional groups attached to an aromatic ring is 1. The maximum absolute atomic E-state index is 13.2. The van der Waals surface area contributed by atoms with E-state index >= 15 is 0 Å². The van der Waals surface area contributed by atoms with Crippen LogP contribution in [0.25, 0.3) is 11.1 Å². The zero-order valence-electron chi connectivity index (χ0n) is 20.9. The Bertz CT molecular complexity index is 1280. The molecule has 8 nitrogen and oxygen atoms in total. The van der Waals surface area contributed by atoms with Gasteiger partial charge in [0.05, 0.1) is 18.8 Å². The molecule has 184 valence electrons. The van der Waals surface area contributed by atoms with Crippen LogP contribution >= 0.6 is 0 Å². The normalized spacial score (nSPS) is 15.4. The molecule has 0 fully saturated rings. The maximum Gasteiger partial charge on any atom is 0.325 e. The topological polar surface area (TPSA) is 111 Å². The Kier molecular flexibility index (Phi) is 6.67. The van der Waals surface area contributed by atoms with Crippen LogP contribution in [0.15, 0.2) is 42.5 Å². The van der Waals surface area contributed by atoms with Gasteiger partial charge in [-0.05, 0) is 81.0 Å². The molecule has 0 radical (unpaired) electrons. The minimum absolute atomic E-state index is 0.108. The summed E-state index contributed by atoms with van der Waals surface area (Å²) in [4.78, 5) is 25.4. The van der Waals surface area contributed by atoms with E-state index in [0.717, 1.165) is 58.7 Å². The van der Waals surface area contributed by atoms with Crippen LogP contribution in [0, 0.1) is 13.8 Å². The molecule has 1 aliphatic heterocycles. The van der Waals surface area contributed by atoms with Crippen molar-refractivity contribution in [1.29, 1.82) is 0 Å². The number of nitrogens with two attached hydrogens (primary N) is 1. The summed E-state index contributed by atoms with van der Waals surface area (Å²) >= 11 is 0. The molecule has 4 N–H and O–H groups in total. The van der Waals surface area contributed by atoms with Crippen LogP contribution in [-0.2, 0) is 16.1 Å². The molecular weight excluding hydrogens is 442 g/mol. The second-order valence-corrected chi connectivity index (χ2v) is 9.59. The van der Waals surface area contributed by atoms with E-state index in [1.165, 1.54) is 7.11 Å². The van der Waals surface area contributed by atoms with Crippen molar-refractivity contribution in [3.05, 3.63) is 65.0 Å². The van der Waals surface area contributed by atoms with E-state index in [4.69, 9.17) is 10.5 Å². The van der Waals surface area contributed by atoms with Crippen LogP contribution < -0.4 is 16.4 Å². The number of hydrogen-bond acceptors (Lipinski definition) is 6. The molecule has 4 rings (SSSR count). The van der Waals surface area contributed by atoms with Gasteiger partial charge in [0, 0.05) is 17.9 Å². The van der Waals surface area contributed by atoms with Crippen LogP contribution in [-0.4, -0.2) is 34.3 Å². The van der Waals surface area contributed by atoms with Gasteiger partial charge in [-0.25, -0.2) is 0 Å². The van der Waals surface area contributed by atoms with Gasteiger partial charge in [0.25, 0.3) is 5.91 Å². The monoisotopic (exact) mass is 475 g/mol. The van der Waals surface area contributed by atoms with Crippen molar-refractivity contribution in [2.24, 2.45) is 0 Å². The molecule has 1 unspecified atom stereocenters. The highest BCUT2D eigenvalue weighted by Crippen LogP contribution is 2.33. The number of carbonyl (C=O) groups excluding carboxylic acids is 2. The van der Waals surface area contributed by atoms with Gasteiger partial charge < -0.3 is 15.8 Å². The van der Waals surface area contributed by atoms with E-state index < -0.39 is 5.54 Å². The van der Waals surface area contributed by atoms with Crippen LogP contribution in [0.2, 0.25) is 0 Å². The minimum atomic E-state index is -0.856. The number of fused-ring (bicyclic) bond motifs is 1. The number of benzene rings is 2. The molecule has 1 atom stereocenters. The average Bonchev–Trinajstić information content (AvgIpc) is 3.27. The summed E-state index contributed by atoms with van der Waals surface area (Å²) in [5, 5.41) is 11.0. The summed E-state index contributed by atoms with van der Waals surface area (Å²) in [6.45, 7) is 8.29. The van der Waals surface area contributed by atoms with Crippen LogP contribution in [0.4, 0.5) is 11.4 Å². The van der Waals surface area contributed by atoms with Gasteiger partial charge in [-0.3, -0.25) is 19.6 Å². The number of aryl methyl sites for hydroxylation is 1. The molecule has 1 aromatic heterocycles. The maximum atomic E-state index is 13.2. The van der Waals surface area contributed by atoms with Gasteiger partial charge in [-0.15, -0.1) is 0 Å². The molecule has 0 aliphatic carbocycles. The van der Waals surface area contributed by atoms with Crippen molar-refractivity contribution >= 4 is 23.3 Å². The van der Waals surface area contributed by atoms with Crippen LogP contribution in [0.5, 0.6) is 0 Å². The predicted molar refractivity (Wildman–Crippen MR) is 137 cm³/mol. The number of amides is 1. The minimum Gasteiger partial charge on any atom is -0.468 e. The zero-order valence-corrected chi connectivity index (χ0v) is 20.9. The fourth-order valence-corrected chi connectivity index (χ4v) is 4.69. The third kappa shape index (κ3) is 4.79. The third-order valence-corrected chi connectivity index (χ3v) is 6.74. The average molecular weight is 476 g/mol. The highest BCUT2D eigenvalue weighted by atomic mass is 16.5. The highest BCUT2D eigenvalue weighted by molar-refractivity contribution is 6.04. The van der Waals surface area contributed by atoms with Gasteiger partial charge in [0.1, 0.15) is 5.54 Å². The van der Waals surface area contributed by atoms with E-state index in [9.17, 15) is 9.59 Å². The number of esters is 1. The van der Waals surface area contributed by atoms with E-state index in [2.05, 4.69) is 15.7 Å². The first-order chi connectivity index (χ1) is 16.6. The Balaban J connectivity index is 1.58. The number of carbonyl (C=O) groups is 2. The lowest BCUT2D eigenvalue weighted by Gasteiger charge is -2.32. The van der Waals surface area contributed by atoms with Crippen LogP contribution in [0.1, 0.15) is 60.0 Å². The molecule has 8 heteroatoms. The number of rotatable bonds is 6. The molecule has 2 aromatic carbocycles. The van der Waals surface area contributed by atoms with Gasteiger partial charge in [-0.2, -0.15) is 5.10 Å². The highest BCUT2D eigenvalue weighted by Gasteiger charge is 2.34. The number of nitrogens with zero attached hydrogens (tertiary/aromatic N) is 2. The van der Waals surface area contributed by atoms with Crippen molar-refractivity contribution in [2.75, 3.05) is 18.2 Å². The fraction of sp³-hybridized carbons (Fsp3) is 0.370. The fourth-order valence-electron chi connectivity index (χ4n) is 4.69. The van der Waals surface area contributed by atoms with E-state index in [1.54, 1.807) is 19.9 Å². The van der Waals surface area contributed by atoms with E-state index in [0.29, 0.717) is 5.69 Å². The molecular formula is C27H33N5O3. The molecule has 0 spiro atoms. The lowest BCUT2D eigenvalue weighted by Crippen LogP contribution is -2.50. The number of ether oxygens (including phenoxy) is 1. The van der Waals surface area contributed by atoms with Gasteiger partial charge >= 0.3 is 5.97 Å². The Labute approximate surface area is 205 Å². The summed E-state index contributed by atoms with van der Waals surface area (Å²) in [6, 6.07) is 13.4. The summed E-state index contributed by atoms with van der Waals surface area (Å²) in [5.74, 6) is -0.611. The number of nitrogens with one attached hydrogen (secondary N) is 2. The second-order valence-electron chi connectivity index (χ2n) is 9.59. The van der Waals surface area contributed by atoms with Gasteiger partial charge in [0.15, 0.2) is 5.69 Å². The Morgan fingerprint density at radius 1 is 1.11 bits per heavy atom. The zero-order chi connectivity index (χ0) is 25.3. The van der Waals surface area contributed by atoms with Crippen molar-refractivity contribution in [1.82, 2.24) is 15.1 Å². The lowest BCUT2D eigenvalue weighted by atomic mass is 9.95. The quantitative estimate of drug-likeness (QED) is 0.360. The van der Waals surface area contributed by atoms with Crippen molar-refractivity contribution in [3.63, 3.8) is 0 Å². The van der Waals surface area contributed by atoms with Gasteiger partial charge in [-0.1, -0.05) is 24.3 Å². The Hall–Kier alpha value is -3.65. The molecule has 3 aromatic rings.